The molecule has 1 heterocycles. The summed E-state index contributed by atoms with van der Waals surface area (Å²) in [6, 6.07) is 3.19. The van der Waals surface area contributed by atoms with Gasteiger partial charge in [-0.15, -0.1) is 0 Å². The number of fused-ring (bicyclic) bond motifs is 1. The summed E-state index contributed by atoms with van der Waals surface area (Å²) in [7, 11) is 0. The minimum Gasteiger partial charge on any atom is -0.506 e. The zero-order valence-electron chi connectivity index (χ0n) is 7.00. The molecule has 68 valence electrons. The largest absolute Gasteiger partial charge is 0.506 e. The summed E-state index contributed by atoms with van der Waals surface area (Å²) in [4.78, 5) is 11.0. The molecule has 0 aromatic heterocycles. The molecule has 0 radical (unpaired) electrons. The lowest BCUT2D eigenvalue weighted by molar-refractivity contribution is -0.116. The van der Waals surface area contributed by atoms with Crippen molar-refractivity contribution in [2.24, 2.45) is 0 Å². The van der Waals surface area contributed by atoms with Crippen molar-refractivity contribution in [3.63, 3.8) is 0 Å². The lowest BCUT2D eigenvalue weighted by Gasteiger charge is -2.17. The number of aromatic hydroxyl groups is 1. The van der Waals surface area contributed by atoms with Gasteiger partial charge in [-0.25, -0.2) is 0 Å². The fraction of sp³-hybridized carbons (Fsp3) is 0.222. The highest BCUT2D eigenvalue weighted by atomic mass is 16.3. The maximum absolute atomic E-state index is 11.0. The minimum absolute atomic E-state index is 0.0148. The molecule has 0 fully saturated rings. The molecule has 0 atom stereocenters. The van der Waals surface area contributed by atoms with E-state index in [4.69, 9.17) is 5.73 Å². The average Bonchev–Trinajstić information content (AvgIpc) is 2.08. The van der Waals surface area contributed by atoms with Crippen LogP contribution in [0.5, 0.6) is 5.75 Å². The van der Waals surface area contributed by atoms with Crippen LogP contribution in [-0.2, 0) is 11.2 Å². The second-order valence-corrected chi connectivity index (χ2v) is 3.12. The Morgan fingerprint density at radius 1 is 1.38 bits per heavy atom. The summed E-state index contributed by atoms with van der Waals surface area (Å²) in [5.74, 6) is -0.00220. The van der Waals surface area contributed by atoms with Gasteiger partial charge in [-0.2, -0.15) is 0 Å². The molecule has 2 rings (SSSR count). The first-order chi connectivity index (χ1) is 6.16. The van der Waals surface area contributed by atoms with Gasteiger partial charge in [0, 0.05) is 18.2 Å². The molecule has 1 aliphatic rings. The number of amides is 1. The van der Waals surface area contributed by atoms with Crippen LogP contribution in [-0.4, -0.2) is 11.0 Å². The van der Waals surface area contributed by atoms with Crippen LogP contribution in [0.2, 0.25) is 0 Å². The van der Waals surface area contributed by atoms with E-state index in [9.17, 15) is 9.90 Å². The first-order valence-electron chi connectivity index (χ1n) is 4.08. The van der Waals surface area contributed by atoms with Crippen LogP contribution < -0.4 is 11.1 Å². The van der Waals surface area contributed by atoms with E-state index in [1.54, 1.807) is 6.07 Å². The molecule has 0 saturated heterocycles. The molecule has 1 amide bonds. The van der Waals surface area contributed by atoms with Crippen molar-refractivity contribution in [1.29, 1.82) is 0 Å². The molecule has 4 N–H and O–H groups in total. The number of phenolic OH excluding ortho intramolecular Hbond substituents is 1. The van der Waals surface area contributed by atoms with Crippen LogP contribution >= 0.6 is 0 Å². The lowest BCUT2D eigenvalue weighted by Crippen LogP contribution is -2.18. The van der Waals surface area contributed by atoms with E-state index in [0.29, 0.717) is 24.2 Å². The number of nitrogen functional groups attached to an aromatic ring is 1. The number of carbonyl (C=O) groups excluding carboxylic acids is 1. The van der Waals surface area contributed by atoms with E-state index in [0.717, 1.165) is 5.56 Å². The Morgan fingerprint density at radius 3 is 2.92 bits per heavy atom. The van der Waals surface area contributed by atoms with Gasteiger partial charge in [0.15, 0.2) is 0 Å². The number of nitrogens with two attached hydrogens (primary N) is 1. The third-order valence-corrected chi connectivity index (χ3v) is 2.15. The van der Waals surface area contributed by atoms with Crippen molar-refractivity contribution in [3.05, 3.63) is 17.7 Å². The van der Waals surface area contributed by atoms with Gasteiger partial charge in [0.2, 0.25) is 5.91 Å². The molecule has 13 heavy (non-hydrogen) atoms. The Hall–Kier alpha value is -1.71. The normalized spacial score (nSPS) is 14.9. The Morgan fingerprint density at radius 2 is 2.15 bits per heavy atom. The second-order valence-electron chi connectivity index (χ2n) is 3.12. The van der Waals surface area contributed by atoms with Crippen LogP contribution in [0.25, 0.3) is 0 Å². The van der Waals surface area contributed by atoms with Crippen molar-refractivity contribution in [1.82, 2.24) is 0 Å². The molecule has 0 bridgehead atoms. The molecule has 0 aliphatic carbocycles. The predicted octanol–water partition coefficient (Wildman–Crippen LogP) is 0.859. The average molecular weight is 178 g/mol. The van der Waals surface area contributed by atoms with Gasteiger partial charge in [0.25, 0.3) is 0 Å². The minimum atomic E-state index is -0.0170. The van der Waals surface area contributed by atoms with Crippen molar-refractivity contribution in [3.8, 4) is 5.75 Å². The third kappa shape index (κ3) is 1.30. The number of hydrogen-bond donors (Lipinski definition) is 3. The van der Waals surface area contributed by atoms with E-state index in [-0.39, 0.29) is 11.7 Å². The van der Waals surface area contributed by atoms with Crippen LogP contribution in [0.1, 0.15) is 12.0 Å². The fourth-order valence-electron chi connectivity index (χ4n) is 1.44. The van der Waals surface area contributed by atoms with E-state index >= 15 is 0 Å². The molecule has 4 nitrogen and oxygen atoms in total. The number of anilines is 2. The van der Waals surface area contributed by atoms with E-state index in [1.807, 2.05) is 0 Å². The summed E-state index contributed by atoms with van der Waals surface area (Å²) in [6.45, 7) is 0. The Bertz CT molecular complexity index is 374. The van der Waals surface area contributed by atoms with Gasteiger partial charge in [-0.1, -0.05) is 0 Å². The summed E-state index contributed by atoms with van der Waals surface area (Å²) in [5, 5.41) is 12.0. The first-order valence-corrected chi connectivity index (χ1v) is 4.08. The Kier molecular flexibility index (Phi) is 1.62. The monoisotopic (exact) mass is 178 g/mol. The van der Waals surface area contributed by atoms with Gasteiger partial charge >= 0.3 is 0 Å². The summed E-state index contributed by atoms with van der Waals surface area (Å²) >= 11 is 0. The zero-order valence-corrected chi connectivity index (χ0v) is 7.00. The van der Waals surface area contributed by atoms with Crippen molar-refractivity contribution in [2.75, 3.05) is 11.1 Å². The lowest BCUT2D eigenvalue weighted by atomic mass is 10.0. The number of hydrogen-bond acceptors (Lipinski definition) is 3. The van der Waals surface area contributed by atoms with Crippen molar-refractivity contribution < 1.29 is 9.90 Å². The molecular weight excluding hydrogens is 168 g/mol. The second kappa shape index (κ2) is 2.65. The fourth-order valence-corrected chi connectivity index (χ4v) is 1.44. The molecule has 0 unspecified atom stereocenters. The zero-order chi connectivity index (χ0) is 9.42. The molecule has 0 saturated carbocycles. The molecule has 1 aromatic carbocycles. The number of carbonyl (C=O) groups is 1. The number of phenols is 1. The van der Waals surface area contributed by atoms with E-state index in [1.165, 1.54) is 6.07 Å². The van der Waals surface area contributed by atoms with Gasteiger partial charge in [-0.3, -0.25) is 4.79 Å². The summed E-state index contributed by atoms with van der Waals surface area (Å²) in [5.41, 5.74) is 7.52. The third-order valence-electron chi connectivity index (χ3n) is 2.15. The number of benzene rings is 1. The highest BCUT2D eigenvalue weighted by Gasteiger charge is 2.15. The van der Waals surface area contributed by atoms with Gasteiger partial charge in [0.1, 0.15) is 5.75 Å². The van der Waals surface area contributed by atoms with Crippen molar-refractivity contribution >= 4 is 17.3 Å². The quantitative estimate of drug-likeness (QED) is 0.407. The van der Waals surface area contributed by atoms with Crippen LogP contribution in [0.15, 0.2) is 12.1 Å². The SMILES string of the molecule is Nc1cc2c(cc1O)NC(=O)CC2. The molecular formula is C9H10N2O2. The molecule has 1 aliphatic heterocycles. The first kappa shape index (κ1) is 7.91. The van der Waals surface area contributed by atoms with Crippen LogP contribution in [0, 0.1) is 0 Å². The summed E-state index contributed by atoms with van der Waals surface area (Å²) < 4.78 is 0. The Balaban J connectivity index is 2.49. The Labute approximate surface area is 75.4 Å². The van der Waals surface area contributed by atoms with Crippen LogP contribution in [0.4, 0.5) is 11.4 Å². The van der Waals surface area contributed by atoms with Gasteiger partial charge in [-0.05, 0) is 18.1 Å². The number of rotatable bonds is 0. The van der Waals surface area contributed by atoms with Gasteiger partial charge < -0.3 is 16.2 Å². The predicted molar refractivity (Wildman–Crippen MR) is 49.5 cm³/mol. The number of nitrogens with one attached hydrogen (secondary N) is 1. The molecule has 1 aromatic rings. The smallest absolute Gasteiger partial charge is 0.224 e. The topological polar surface area (TPSA) is 75.3 Å². The van der Waals surface area contributed by atoms with Crippen LogP contribution in [0.3, 0.4) is 0 Å². The highest BCUT2D eigenvalue weighted by molar-refractivity contribution is 5.94. The maximum Gasteiger partial charge on any atom is 0.224 e. The van der Waals surface area contributed by atoms with E-state index in [2.05, 4.69) is 5.32 Å². The van der Waals surface area contributed by atoms with Crippen molar-refractivity contribution in [2.45, 2.75) is 12.8 Å². The standard InChI is InChI=1S/C9H10N2O2/c10-6-3-5-1-2-9(13)11-7(5)4-8(6)12/h3-4,12H,1-2,10H2,(H,11,13). The number of aryl methyl sites for hydroxylation is 1. The molecule has 4 heteroatoms. The van der Waals surface area contributed by atoms with E-state index < -0.39 is 0 Å². The maximum atomic E-state index is 11.0. The summed E-state index contributed by atoms with van der Waals surface area (Å²) in [6.07, 6.45) is 1.17. The van der Waals surface area contributed by atoms with Gasteiger partial charge in [0.05, 0.1) is 5.69 Å². The molecule has 0 spiro atoms. The highest BCUT2D eigenvalue weighted by Crippen LogP contribution is 2.31.